The van der Waals surface area contributed by atoms with Crippen LogP contribution in [0.2, 0.25) is 5.15 Å². The molecule has 2 amide bonds. The van der Waals surface area contributed by atoms with Crippen LogP contribution in [0.4, 0.5) is 10.1 Å². The van der Waals surface area contributed by atoms with E-state index in [9.17, 15) is 14.0 Å². The van der Waals surface area contributed by atoms with Crippen LogP contribution in [0.25, 0.3) is 0 Å². The van der Waals surface area contributed by atoms with E-state index in [4.69, 9.17) is 11.6 Å². The van der Waals surface area contributed by atoms with Gasteiger partial charge in [-0.2, -0.15) is 0 Å². The first-order chi connectivity index (χ1) is 14.4. The number of benzene rings is 2. The van der Waals surface area contributed by atoms with Gasteiger partial charge in [-0.1, -0.05) is 23.7 Å². The van der Waals surface area contributed by atoms with Gasteiger partial charge in [0.2, 0.25) is 0 Å². The van der Waals surface area contributed by atoms with Crippen molar-refractivity contribution in [1.82, 2.24) is 10.3 Å². The van der Waals surface area contributed by atoms with Gasteiger partial charge in [-0.3, -0.25) is 9.59 Å². The van der Waals surface area contributed by atoms with Crippen LogP contribution in [0.1, 0.15) is 44.8 Å². The molecule has 4 rings (SSSR count). The number of nitrogens with zero attached hydrogens (tertiary/aromatic N) is 2. The van der Waals surface area contributed by atoms with Gasteiger partial charge in [0, 0.05) is 29.6 Å². The predicted octanol–water partition coefficient (Wildman–Crippen LogP) is 4.57. The molecule has 1 N–H and O–H groups in total. The molecule has 1 aliphatic heterocycles. The van der Waals surface area contributed by atoms with Crippen molar-refractivity contribution < 1.29 is 14.0 Å². The number of hydrogen-bond donors (Lipinski definition) is 1. The molecule has 5 nitrogen and oxygen atoms in total. The van der Waals surface area contributed by atoms with Crippen LogP contribution in [0.3, 0.4) is 0 Å². The summed E-state index contributed by atoms with van der Waals surface area (Å²) in [5.41, 5.74) is 3.73. The Hall–Kier alpha value is -3.25. The SMILES string of the molecule is CC(NC(=O)c1ccc(F)cc1)c1ccc2c(c1)CCN2C(=O)c1ccnc(Cl)c1. The Morgan fingerprint density at radius 3 is 2.60 bits per heavy atom. The zero-order valence-corrected chi connectivity index (χ0v) is 17.0. The standard InChI is InChI=1S/C23H19ClFN3O2/c1-14(27-22(29)15-2-5-19(25)6-3-15)16-4-7-20-17(12-16)9-11-28(20)23(30)18-8-10-26-21(24)13-18/h2-8,10,12-14H,9,11H2,1H3,(H,27,29). The van der Waals surface area contributed by atoms with Gasteiger partial charge in [0.25, 0.3) is 11.8 Å². The monoisotopic (exact) mass is 423 g/mol. The molecular weight excluding hydrogens is 405 g/mol. The normalized spacial score (nSPS) is 13.6. The maximum absolute atomic E-state index is 13.1. The van der Waals surface area contributed by atoms with Crippen molar-refractivity contribution in [2.75, 3.05) is 11.4 Å². The minimum absolute atomic E-state index is 0.122. The smallest absolute Gasteiger partial charge is 0.258 e. The first-order valence-corrected chi connectivity index (χ1v) is 9.93. The summed E-state index contributed by atoms with van der Waals surface area (Å²) in [5.74, 6) is -0.774. The molecule has 0 radical (unpaired) electrons. The second-order valence-corrected chi connectivity index (χ2v) is 7.55. The molecule has 7 heteroatoms. The average Bonchev–Trinajstić information content (AvgIpc) is 3.16. The number of aromatic nitrogens is 1. The van der Waals surface area contributed by atoms with E-state index in [0.29, 0.717) is 17.7 Å². The van der Waals surface area contributed by atoms with E-state index in [2.05, 4.69) is 10.3 Å². The minimum Gasteiger partial charge on any atom is -0.346 e. The Labute approximate surface area is 178 Å². The molecule has 0 saturated carbocycles. The molecule has 0 aliphatic carbocycles. The molecule has 1 aliphatic rings. The number of halogens is 2. The van der Waals surface area contributed by atoms with E-state index in [1.165, 1.54) is 30.5 Å². The summed E-state index contributed by atoms with van der Waals surface area (Å²) in [6.45, 7) is 2.47. The number of hydrogen-bond acceptors (Lipinski definition) is 3. The Kier molecular flexibility index (Phi) is 5.50. The third-order valence-corrected chi connectivity index (χ3v) is 5.38. The summed E-state index contributed by atoms with van der Waals surface area (Å²) in [4.78, 5) is 30.9. The highest BCUT2D eigenvalue weighted by atomic mass is 35.5. The van der Waals surface area contributed by atoms with Gasteiger partial charge >= 0.3 is 0 Å². The molecule has 1 atom stereocenters. The fourth-order valence-electron chi connectivity index (χ4n) is 3.56. The van der Waals surface area contributed by atoms with Crippen molar-refractivity contribution in [1.29, 1.82) is 0 Å². The number of fused-ring (bicyclic) bond motifs is 1. The molecule has 0 fully saturated rings. The quantitative estimate of drug-likeness (QED) is 0.625. The Bertz CT molecular complexity index is 1120. The third-order valence-electron chi connectivity index (χ3n) is 5.17. The zero-order chi connectivity index (χ0) is 21.3. The largest absolute Gasteiger partial charge is 0.346 e. The summed E-state index contributed by atoms with van der Waals surface area (Å²) in [6.07, 6.45) is 2.24. The summed E-state index contributed by atoms with van der Waals surface area (Å²) in [7, 11) is 0. The van der Waals surface area contributed by atoms with Crippen LogP contribution in [0, 0.1) is 5.82 Å². The Morgan fingerprint density at radius 1 is 1.10 bits per heavy atom. The molecule has 0 bridgehead atoms. The fourth-order valence-corrected chi connectivity index (χ4v) is 3.73. The number of carbonyl (C=O) groups is 2. The van der Waals surface area contributed by atoms with E-state index in [1.54, 1.807) is 17.0 Å². The van der Waals surface area contributed by atoms with Crippen molar-refractivity contribution in [2.24, 2.45) is 0 Å². The van der Waals surface area contributed by atoms with Gasteiger partial charge in [-0.25, -0.2) is 9.37 Å². The van der Waals surface area contributed by atoms with E-state index in [0.717, 1.165) is 23.2 Å². The van der Waals surface area contributed by atoms with Crippen molar-refractivity contribution >= 4 is 29.1 Å². The summed E-state index contributed by atoms with van der Waals surface area (Å²) >= 11 is 5.91. The van der Waals surface area contributed by atoms with Crippen LogP contribution >= 0.6 is 11.6 Å². The van der Waals surface area contributed by atoms with Gasteiger partial charge in [0.05, 0.1) is 6.04 Å². The lowest BCUT2D eigenvalue weighted by atomic mass is 10.0. The number of anilines is 1. The summed E-state index contributed by atoms with van der Waals surface area (Å²) in [6, 6.07) is 14.2. The molecule has 1 aromatic heterocycles. The molecule has 1 unspecified atom stereocenters. The topological polar surface area (TPSA) is 62.3 Å². The van der Waals surface area contributed by atoms with E-state index >= 15 is 0 Å². The number of carbonyl (C=O) groups excluding carboxylic acids is 2. The molecule has 0 saturated heterocycles. The maximum atomic E-state index is 13.1. The maximum Gasteiger partial charge on any atom is 0.258 e. The van der Waals surface area contributed by atoms with Crippen molar-refractivity contribution in [3.63, 3.8) is 0 Å². The van der Waals surface area contributed by atoms with E-state index in [1.807, 2.05) is 25.1 Å². The zero-order valence-electron chi connectivity index (χ0n) is 16.2. The molecule has 152 valence electrons. The van der Waals surface area contributed by atoms with E-state index < -0.39 is 0 Å². The van der Waals surface area contributed by atoms with Gasteiger partial charge in [0.15, 0.2) is 0 Å². The first kappa shape index (κ1) is 20.0. The van der Waals surface area contributed by atoms with Gasteiger partial charge < -0.3 is 10.2 Å². The lowest BCUT2D eigenvalue weighted by Gasteiger charge is -2.19. The minimum atomic E-state index is -0.383. The molecular formula is C23H19ClFN3O2. The van der Waals surface area contributed by atoms with Crippen LogP contribution in [-0.4, -0.2) is 23.3 Å². The van der Waals surface area contributed by atoms with Crippen LogP contribution < -0.4 is 10.2 Å². The summed E-state index contributed by atoms with van der Waals surface area (Å²) in [5, 5.41) is 3.20. The highest BCUT2D eigenvalue weighted by molar-refractivity contribution is 6.29. The molecule has 2 aromatic carbocycles. The second kappa shape index (κ2) is 8.24. The van der Waals surface area contributed by atoms with Crippen molar-refractivity contribution in [3.8, 4) is 0 Å². The number of rotatable bonds is 4. The van der Waals surface area contributed by atoms with Crippen LogP contribution in [0.15, 0.2) is 60.8 Å². The van der Waals surface area contributed by atoms with Crippen LogP contribution in [0.5, 0.6) is 0 Å². The summed E-state index contributed by atoms with van der Waals surface area (Å²) < 4.78 is 13.1. The third kappa shape index (κ3) is 4.04. The predicted molar refractivity (Wildman–Crippen MR) is 113 cm³/mol. The molecule has 30 heavy (non-hydrogen) atoms. The van der Waals surface area contributed by atoms with Gasteiger partial charge in [0.1, 0.15) is 11.0 Å². The van der Waals surface area contributed by atoms with Crippen molar-refractivity contribution in [2.45, 2.75) is 19.4 Å². The number of amides is 2. The average molecular weight is 424 g/mol. The van der Waals surface area contributed by atoms with Crippen LogP contribution in [-0.2, 0) is 6.42 Å². The number of nitrogens with one attached hydrogen (secondary N) is 1. The second-order valence-electron chi connectivity index (χ2n) is 7.16. The van der Waals surface area contributed by atoms with Gasteiger partial charge in [-0.15, -0.1) is 0 Å². The molecule has 0 spiro atoms. The lowest BCUT2D eigenvalue weighted by molar-refractivity contribution is 0.0938. The fraction of sp³-hybridized carbons (Fsp3) is 0.174. The Balaban J connectivity index is 1.50. The van der Waals surface area contributed by atoms with Crippen molar-refractivity contribution in [3.05, 3.63) is 94.0 Å². The molecule has 2 heterocycles. The molecule has 3 aromatic rings. The Morgan fingerprint density at radius 2 is 1.87 bits per heavy atom. The first-order valence-electron chi connectivity index (χ1n) is 9.55. The van der Waals surface area contributed by atoms with Gasteiger partial charge in [-0.05, 0) is 66.9 Å². The highest BCUT2D eigenvalue weighted by Gasteiger charge is 2.26. The number of pyridine rings is 1. The lowest BCUT2D eigenvalue weighted by Crippen LogP contribution is -2.29. The highest BCUT2D eigenvalue weighted by Crippen LogP contribution is 2.32. The van der Waals surface area contributed by atoms with E-state index in [-0.39, 0.29) is 28.8 Å².